The summed E-state index contributed by atoms with van der Waals surface area (Å²) < 4.78 is 29.5. The molecule has 1 aliphatic carbocycles. The molecule has 0 radical (unpaired) electrons. The number of halogens is 2. The van der Waals surface area contributed by atoms with Crippen molar-refractivity contribution < 1.29 is 18.4 Å². The van der Waals surface area contributed by atoms with Crippen LogP contribution < -0.4 is 10.6 Å². The van der Waals surface area contributed by atoms with Gasteiger partial charge in [-0.05, 0) is 50.4 Å². The van der Waals surface area contributed by atoms with Crippen molar-refractivity contribution in [1.29, 1.82) is 0 Å². The summed E-state index contributed by atoms with van der Waals surface area (Å²) in [5.41, 5.74) is 0.479. The molecule has 2 saturated heterocycles. The van der Waals surface area contributed by atoms with Crippen LogP contribution in [0.2, 0.25) is 0 Å². The Hall–Kier alpha value is -2.73. The maximum absolute atomic E-state index is 14.8. The van der Waals surface area contributed by atoms with Crippen LogP contribution in [0.4, 0.5) is 13.6 Å². The number of terminal acetylenes is 1. The molecule has 9 heteroatoms. The van der Waals surface area contributed by atoms with Crippen LogP contribution in [-0.2, 0) is 11.2 Å². The molecule has 2 N–H and O–H groups in total. The molecule has 1 aromatic heterocycles. The number of hydrogen-bond donors (Lipinski definition) is 2. The molecule has 4 rings (SSSR count). The zero-order valence-corrected chi connectivity index (χ0v) is 18.7. The van der Waals surface area contributed by atoms with Crippen LogP contribution in [0.5, 0.6) is 0 Å². The molecule has 0 bridgehead atoms. The number of nitrogens with zero attached hydrogens (tertiary/aromatic N) is 3. The number of likely N-dealkylation sites (tertiary alicyclic amines) is 2. The van der Waals surface area contributed by atoms with Gasteiger partial charge in [0, 0.05) is 49.8 Å². The molecule has 1 aromatic rings. The van der Waals surface area contributed by atoms with Crippen molar-refractivity contribution in [2.75, 3.05) is 32.7 Å². The number of hydrogen-bond acceptors (Lipinski definition) is 4. The smallest absolute Gasteiger partial charge is 0.318 e. The number of aromatic nitrogens is 1. The molecular weight excluding hydrogens is 428 g/mol. The van der Waals surface area contributed by atoms with Crippen LogP contribution in [-0.4, -0.2) is 77.5 Å². The fourth-order valence-corrected chi connectivity index (χ4v) is 4.91. The Labute approximate surface area is 193 Å². The average Bonchev–Trinajstić information content (AvgIpc) is 3.61. The number of amides is 3. The Kier molecular flexibility index (Phi) is 6.84. The molecule has 3 amide bonds. The maximum atomic E-state index is 14.8. The summed E-state index contributed by atoms with van der Waals surface area (Å²) in [6, 6.07) is 2.02. The number of piperidine rings is 1. The summed E-state index contributed by atoms with van der Waals surface area (Å²) in [6.45, 7) is 3.21. The van der Waals surface area contributed by atoms with Crippen LogP contribution in [0.3, 0.4) is 0 Å². The molecule has 178 valence electrons. The maximum Gasteiger partial charge on any atom is 0.318 e. The van der Waals surface area contributed by atoms with Gasteiger partial charge in [0.15, 0.2) is 0 Å². The zero-order valence-electron chi connectivity index (χ0n) is 18.7. The van der Waals surface area contributed by atoms with Crippen LogP contribution in [0.15, 0.2) is 24.5 Å². The van der Waals surface area contributed by atoms with Gasteiger partial charge in [0.25, 0.3) is 5.92 Å². The van der Waals surface area contributed by atoms with Crippen molar-refractivity contribution in [3.63, 3.8) is 0 Å². The van der Waals surface area contributed by atoms with Gasteiger partial charge in [0.2, 0.25) is 5.91 Å². The van der Waals surface area contributed by atoms with Gasteiger partial charge in [-0.25, -0.2) is 13.6 Å². The molecule has 0 unspecified atom stereocenters. The molecule has 2 aliphatic heterocycles. The first-order chi connectivity index (χ1) is 15.8. The lowest BCUT2D eigenvalue weighted by atomic mass is 9.72. The van der Waals surface area contributed by atoms with Gasteiger partial charge in [-0.2, -0.15) is 0 Å². The second-order valence-corrected chi connectivity index (χ2v) is 9.65. The first-order valence-electron chi connectivity index (χ1n) is 11.6. The number of pyridine rings is 1. The van der Waals surface area contributed by atoms with Gasteiger partial charge < -0.3 is 20.4 Å². The standard InChI is InChI=1S/C24H31F2N5O2/c1-2-9-28-21(32)20(14-24(25,26)13-18-4-3-10-27-15-18)29-22(33)31-16-23(17-31)7-11-30(12-8-23)19-5-6-19/h1,3-4,10,15,19-20H,5-9,11-14,16-17H2,(H,28,32)(H,29,33)/t20-/m0/s1. The van der Waals surface area contributed by atoms with E-state index in [9.17, 15) is 18.4 Å². The molecular formula is C24H31F2N5O2. The third kappa shape index (κ3) is 5.99. The molecule has 33 heavy (non-hydrogen) atoms. The normalized spacial score (nSPS) is 21.1. The Balaban J connectivity index is 1.32. The second-order valence-electron chi connectivity index (χ2n) is 9.65. The van der Waals surface area contributed by atoms with Crippen molar-refractivity contribution in [1.82, 2.24) is 25.4 Å². The molecule has 0 aromatic carbocycles. The lowest BCUT2D eigenvalue weighted by Gasteiger charge is -2.54. The largest absolute Gasteiger partial charge is 0.343 e. The van der Waals surface area contributed by atoms with Gasteiger partial charge in [-0.1, -0.05) is 12.0 Å². The van der Waals surface area contributed by atoms with Gasteiger partial charge in [-0.15, -0.1) is 6.42 Å². The highest BCUT2D eigenvalue weighted by atomic mass is 19.3. The third-order valence-corrected chi connectivity index (χ3v) is 6.93. The van der Waals surface area contributed by atoms with E-state index in [4.69, 9.17) is 6.42 Å². The summed E-state index contributed by atoms with van der Waals surface area (Å²) in [4.78, 5) is 33.3. The number of carbonyl (C=O) groups excluding carboxylic acids is 2. The summed E-state index contributed by atoms with van der Waals surface area (Å²) in [6.07, 6.45) is 11.3. The molecule has 1 spiro atoms. The molecule has 7 nitrogen and oxygen atoms in total. The van der Waals surface area contributed by atoms with Crippen LogP contribution in [0.25, 0.3) is 0 Å². The van der Waals surface area contributed by atoms with E-state index < -0.39 is 36.7 Å². The fourth-order valence-electron chi connectivity index (χ4n) is 4.91. The first kappa shape index (κ1) is 23.4. The molecule has 3 fully saturated rings. The van der Waals surface area contributed by atoms with Crippen molar-refractivity contribution in [2.45, 2.75) is 56.5 Å². The summed E-state index contributed by atoms with van der Waals surface area (Å²) in [7, 11) is 0. The highest BCUT2D eigenvalue weighted by Gasteiger charge is 2.48. The van der Waals surface area contributed by atoms with Gasteiger partial charge in [-0.3, -0.25) is 9.78 Å². The van der Waals surface area contributed by atoms with E-state index in [-0.39, 0.29) is 12.0 Å². The quantitative estimate of drug-likeness (QED) is 0.584. The summed E-state index contributed by atoms with van der Waals surface area (Å²) in [5.74, 6) is -1.66. The lowest BCUT2D eigenvalue weighted by molar-refractivity contribution is -0.125. The van der Waals surface area contributed by atoms with Crippen molar-refractivity contribution in [3.8, 4) is 12.3 Å². The van der Waals surface area contributed by atoms with Crippen LogP contribution >= 0.6 is 0 Å². The van der Waals surface area contributed by atoms with Crippen LogP contribution in [0, 0.1) is 17.8 Å². The monoisotopic (exact) mass is 459 g/mol. The minimum absolute atomic E-state index is 0.0936. The number of carbonyl (C=O) groups is 2. The highest BCUT2D eigenvalue weighted by Crippen LogP contribution is 2.42. The molecule has 1 atom stereocenters. The summed E-state index contributed by atoms with van der Waals surface area (Å²) in [5, 5.41) is 4.95. The fraction of sp³-hybridized carbons (Fsp3) is 0.625. The van der Waals surface area contributed by atoms with Crippen molar-refractivity contribution >= 4 is 11.9 Å². The number of urea groups is 1. The highest BCUT2D eigenvalue weighted by molar-refractivity contribution is 5.87. The lowest BCUT2D eigenvalue weighted by Crippen LogP contribution is -2.65. The van der Waals surface area contributed by atoms with E-state index in [1.54, 1.807) is 17.0 Å². The van der Waals surface area contributed by atoms with Gasteiger partial charge in [0.05, 0.1) is 6.54 Å². The van der Waals surface area contributed by atoms with E-state index in [1.165, 1.54) is 25.2 Å². The predicted octanol–water partition coefficient (Wildman–Crippen LogP) is 2.04. The zero-order chi connectivity index (χ0) is 23.5. The molecule has 1 saturated carbocycles. The van der Waals surface area contributed by atoms with Gasteiger partial charge in [0.1, 0.15) is 6.04 Å². The minimum atomic E-state index is -3.21. The Morgan fingerprint density at radius 3 is 2.64 bits per heavy atom. The Morgan fingerprint density at radius 1 is 1.30 bits per heavy atom. The van der Waals surface area contributed by atoms with Crippen molar-refractivity contribution in [2.24, 2.45) is 5.41 Å². The topological polar surface area (TPSA) is 77.6 Å². The van der Waals surface area contributed by atoms with E-state index in [0.717, 1.165) is 32.0 Å². The van der Waals surface area contributed by atoms with E-state index in [2.05, 4.69) is 26.4 Å². The molecule has 3 heterocycles. The number of rotatable bonds is 8. The number of alkyl halides is 2. The minimum Gasteiger partial charge on any atom is -0.343 e. The second kappa shape index (κ2) is 9.64. The first-order valence-corrected chi connectivity index (χ1v) is 11.6. The van der Waals surface area contributed by atoms with Gasteiger partial charge >= 0.3 is 6.03 Å². The third-order valence-electron chi connectivity index (χ3n) is 6.93. The molecule has 3 aliphatic rings. The predicted molar refractivity (Wildman–Crippen MR) is 120 cm³/mol. The average molecular weight is 460 g/mol. The van der Waals surface area contributed by atoms with E-state index in [1.807, 2.05) is 0 Å². The summed E-state index contributed by atoms with van der Waals surface area (Å²) >= 11 is 0. The Morgan fingerprint density at radius 2 is 2.03 bits per heavy atom. The Bertz CT molecular complexity index is 884. The van der Waals surface area contributed by atoms with Crippen LogP contribution in [0.1, 0.15) is 37.7 Å². The van der Waals surface area contributed by atoms with Crippen molar-refractivity contribution in [3.05, 3.63) is 30.1 Å². The SMILES string of the molecule is C#CCNC(=O)[C@H](CC(F)(F)Cc1cccnc1)NC(=O)N1CC2(CCN(C3CC3)CC2)C1. The van der Waals surface area contributed by atoms with E-state index in [0.29, 0.717) is 18.7 Å². The number of nitrogens with one attached hydrogen (secondary N) is 2. The van der Waals surface area contributed by atoms with E-state index >= 15 is 0 Å².